The van der Waals surface area contributed by atoms with Crippen LogP contribution in [0.25, 0.3) is 0 Å². The van der Waals surface area contributed by atoms with E-state index >= 15 is 0 Å². The number of hydrogen-bond donors (Lipinski definition) is 3. The molecule has 12 aromatic rings. The second-order valence-electron chi connectivity index (χ2n) is 25.2. The van der Waals surface area contributed by atoms with Crippen molar-refractivity contribution < 1.29 is 85.1 Å². The molecule has 0 aliphatic carbocycles. The van der Waals surface area contributed by atoms with Crippen LogP contribution in [-0.2, 0) is 70.2 Å². The van der Waals surface area contributed by atoms with Gasteiger partial charge in [-0.05, 0) is 75.7 Å². The Labute approximate surface area is 711 Å². The van der Waals surface area contributed by atoms with E-state index in [9.17, 15) is 25.3 Å². The molecular formula is C95H108N8O6Y2-4. The maximum Gasteiger partial charge on any atom is 0.269 e. The summed E-state index contributed by atoms with van der Waals surface area (Å²) >= 11 is 0. The van der Waals surface area contributed by atoms with E-state index in [2.05, 4.69) is 275 Å². The fourth-order valence-corrected chi connectivity index (χ4v) is 12.4. The van der Waals surface area contributed by atoms with Crippen LogP contribution in [0.2, 0.25) is 0 Å². The Bertz CT molecular complexity index is 3970. The first kappa shape index (κ1) is 94.4. The topological polar surface area (TPSA) is 167 Å². The van der Waals surface area contributed by atoms with Gasteiger partial charge in [0.2, 0.25) is 0 Å². The molecule has 16 rings (SSSR count). The standard InChI is InChI=1S/C18H21NO.C16H17NO.2C16H16N.C7H9N.2C6H5NO2.C6H7N.C2H6.2CH3.2Y/c1-2-20-17-13-19(14-17)18(15-9-5-3-6-10-15)16-11-7-4-8-12-16;18-15-11-17(12-15)16(13-7-3-1-4-8-13)14-9-5-2-6-10-14;2*1-3-8-14(9-4-1)16(17-12-7-13-17)15-10-5-2-6-11-15;1-8-7-5-3-2-4-6-7;2*8-7(9)6-4-2-1-3-5-6;7-6-4-2-1-3-5-6;1-2;;;;/h3-12,17-18H,2,13-14H2,1H3;1-10,15-16,18H,11-12H2;2*1-11,16H,12-13H2;2-6,8H,1H3;2*1-5H;1-5H,7H2;1-2H3;2*1H3;;/q;;2*-1;;;;;;2*-1;;. The molecular weight excluding hydrogens is 1530 g/mol. The molecule has 574 valence electrons. The Morgan fingerprint density at radius 1 is 0.378 bits per heavy atom. The van der Waals surface area contributed by atoms with E-state index < -0.39 is 9.85 Å². The summed E-state index contributed by atoms with van der Waals surface area (Å²) in [6, 6.07) is 122. The summed E-state index contributed by atoms with van der Waals surface area (Å²) in [7, 11) is 1.91. The number of nitro groups is 2. The molecule has 111 heavy (non-hydrogen) atoms. The summed E-state index contributed by atoms with van der Waals surface area (Å²) in [5.41, 5.74) is 18.4. The van der Waals surface area contributed by atoms with E-state index in [-0.39, 0.29) is 104 Å². The van der Waals surface area contributed by atoms with Crippen LogP contribution in [0.4, 0.5) is 22.7 Å². The third-order valence-electron chi connectivity index (χ3n) is 17.8. The number of nitrogens with two attached hydrogens (primary N) is 1. The van der Waals surface area contributed by atoms with Crippen LogP contribution in [0.3, 0.4) is 0 Å². The molecule has 0 spiro atoms. The number of hydrogen-bond acceptors (Lipinski definition) is 12. The van der Waals surface area contributed by atoms with Crippen molar-refractivity contribution in [1.29, 1.82) is 0 Å². The number of nitrogens with one attached hydrogen (secondary N) is 1. The maximum atomic E-state index is 10.0. The zero-order chi connectivity index (χ0) is 75.5. The summed E-state index contributed by atoms with van der Waals surface area (Å²) < 4.78 is 5.69. The smallest absolute Gasteiger partial charge is 0.269 e. The van der Waals surface area contributed by atoms with Gasteiger partial charge in [0.05, 0.1) is 46.2 Å². The fourth-order valence-electron chi connectivity index (χ4n) is 12.4. The van der Waals surface area contributed by atoms with Crippen molar-refractivity contribution in [1.82, 2.24) is 19.6 Å². The number of nitro benzene ring substituents is 2. The van der Waals surface area contributed by atoms with Crippen LogP contribution in [0, 0.1) is 47.9 Å². The molecule has 12 aromatic carbocycles. The molecule has 0 atom stereocenters. The molecule has 4 saturated heterocycles. The third kappa shape index (κ3) is 32.0. The van der Waals surface area contributed by atoms with Gasteiger partial charge in [-0.25, -0.2) is 0 Å². The zero-order valence-electron chi connectivity index (χ0n) is 65.0. The summed E-state index contributed by atoms with van der Waals surface area (Å²) in [6.45, 7) is 14.8. The molecule has 4 aliphatic heterocycles. The first-order chi connectivity index (χ1) is 52.6. The quantitative estimate of drug-likeness (QED) is 0.0342. The molecule has 0 amide bonds. The molecule has 4 heterocycles. The number of nitrogen functional groups attached to an aromatic ring is 1. The predicted octanol–water partition coefficient (Wildman–Crippen LogP) is 20.6. The van der Waals surface area contributed by atoms with Crippen molar-refractivity contribution in [3.05, 3.63) is 456 Å². The number of likely N-dealkylation sites (tertiary alicyclic amines) is 4. The van der Waals surface area contributed by atoms with Crippen LogP contribution in [0.5, 0.6) is 0 Å². The molecule has 4 fully saturated rings. The van der Waals surface area contributed by atoms with E-state index in [1.807, 2.05) is 93.7 Å². The maximum absolute atomic E-state index is 10.0. The molecule has 0 unspecified atom stereocenters. The minimum atomic E-state index is -0.417. The second kappa shape index (κ2) is 54.6. The van der Waals surface area contributed by atoms with Crippen LogP contribution in [-0.4, -0.2) is 113 Å². The second-order valence-corrected chi connectivity index (χ2v) is 25.2. The van der Waals surface area contributed by atoms with Gasteiger partial charge >= 0.3 is 0 Å². The molecule has 2 radical (unpaired) electrons. The van der Waals surface area contributed by atoms with Gasteiger partial charge in [0, 0.05) is 141 Å². The normalized spacial score (nSPS) is 13.2. The number of anilines is 2. The third-order valence-corrected chi connectivity index (χ3v) is 17.8. The van der Waals surface area contributed by atoms with Crippen molar-refractivity contribution in [2.75, 3.05) is 77.1 Å². The van der Waals surface area contributed by atoms with Gasteiger partial charge in [-0.2, -0.15) is 0 Å². The first-order valence-electron chi connectivity index (χ1n) is 36.8. The van der Waals surface area contributed by atoms with E-state index in [4.69, 9.17) is 10.5 Å². The monoisotopic (exact) mass is 1630 g/mol. The fraction of sp³-hybridized carbons (Fsp3) is 0.200. The van der Waals surface area contributed by atoms with Gasteiger partial charge < -0.3 is 58.4 Å². The van der Waals surface area contributed by atoms with Gasteiger partial charge in [0.25, 0.3) is 11.4 Å². The summed E-state index contributed by atoms with van der Waals surface area (Å²) in [4.78, 5) is 29.0. The molecule has 0 aromatic heterocycles. The number of ether oxygens (including phenoxy) is 1. The molecule has 4 N–H and O–H groups in total. The molecule has 0 saturated carbocycles. The average Bonchev–Trinajstić information content (AvgIpc) is 0.813. The van der Waals surface area contributed by atoms with E-state index in [0.717, 1.165) is 70.3 Å². The molecule has 14 nitrogen and oxygen atoms in total. The number of para-hydroxylation sites is 4. The number of benzene rings is 12. The average molecular weight is 1640 g/mol. The van der Waals surface area contributed by atoms with Crippen LogP contribution >= 0.6 is 0 Å². The van der Waals surface area contributed by atoms with E-state index in [1.54, 1.807) is 36.4 Å². The Morgan fingerprint density at radius 2 is 0.586 bits per heavy atom. The summed E-state index contributed by atoms with van der Waals surface area (Å²) in [5, 5.41) is 32.6. The number of non-ortho nitro benzene ring substituents is 2. The van der Waals surface area contributed by atoms with Crippen molar-refractivity contribution in [3.8, 4) is 0 Å². The number of β-amino-alcohol motifs (C(OH)–C–C–N with tert-alkyl or cyclic N) is 1. The number of nitrogens with zero attached hydrogens (tertiary/aromatic N) is 6. The Hall–Kier alpha value is -8.99. The molecule has 16 heteroatoms. The van der Waals surface area contributed by atoms with E-state index in [1.165, 1.54) is 68.8 Å². The Morgan fingerprint density at radius 3 is 0.748 bits per heavy atom. The van der Waals surface area contributed by atoms with Gasteiger partial charge in [-0.15, -0.1) is 26.2 Å². The Kier molecular flexibility index (Phi) is 46.4. The zero-order valence-corrected chi connectivity index (χ0v) is 70.7. The van der Waals surface area contributed by atoms with Gasteiger partial charge in [0.1, 0.15) is 0 Å². The van der Waals surface area contributed by atoms with Crippen molar-refractivity contribution in [3.63, 3.8) is 0 Å². The predicted molar refractivity (Wildman–Crippen MR) is 452 cm³/mol. The Balaban J connectivity index is 0.000000272. The van der Waals surface area contributed by atoms with Crippen LogP contribution in [0.15, 0.2) is 364 Å². The summed E-state index contributed by atoms with van der Waals surface area (Å²) in [6.07, 6.45) is 4.87. The largest absolute Gasteiger partial charge is 0.399 e. The summed E-state index contributed by atoms with van der Waals surface area (Å²) in [5.74, 6) is 0. The van der Waals surface area contributed by atoms with Gasteiger partial charge in [0.15, 0.2) is 0 Å². The van der Waals surface area contributed by atoms with Crippen LogP contribution < -0.4 is 11.1 Å². The van der Waals surface area contributed by atoms with Crippen molar-refractivity contribution in [2.24, 2.45) is 0 Å². The van der Waals surface area contributed by atoms with Crippen molar-refractivity contribution >= 4 is 22.7 Å². The SMILES string of the molecule is CC.CCOC1CN(C(c2ccccc2)c2ccccc2)C1.CNc1ccccc1.Nc1ccccc1.O=[N+]([O-])c1ccccc1.O=[N+]([O-])c1ccccc1.OC1CN(C(c2ccccc2)c2ccccc2)C1.[CH3-].[CH3-].[Y].[Y].c1ccc(C(c2ccccc2)N2C[CH-]C2)cc1.c1ccc(C(c2ccccc2)N2C[CH-]C2)cc1. The number of rotatable bonds is 17. The van der Waals surface area contributed by atoms with Gasteiger partial charge in [-0.3, -0.25) is 30.0 Å². The molecule has 0 bridgehead atoms. The van der Waals surface area contributed by atoms with Crippen LogP contribution in [0.1, 0.15) is 89.4 Å². The minimum absolute atomic E-state index is 0. The molecule has 4 aliphatic rings. The number of aliphatic hydroxyl groups is 1. The van der Waals surface area contributed by atoms with E-state index in [0.29, 0.717) is 24.2 Å². The minimum Gasteiger partial charge on any atom is -0.399 e. The first-order valence-corrected chi connectivity index (χ1v) is 36.8. The van der Waals surface area contributed by atoms with Crippen molar-refractivity contribution in [2.45, 2.75) is 57.1 Å². The number of aliphatic hydroxyl groups excluding tert-OH is 1. The van der Waals surface area contributed by atoms with Gasteiger partial charge in [-0.1, -0.05) is 329 Å².